The number of rotatable bonds is 9. The second kappa shape index (κ2) is 9.04. The SMILES string of the molecule is NS(=O)(=O)c1cc(C(=O)OCCC(F)C(=O)O)c(NCc2ccco2)cc1Cl. The van der Waals surface area contributed by atoms with Crippen LogP contribution in [0, 0.1) is 0 Å². The van der Waals surface area contributed by atoms with E-state index in [2.05, 4.69) is 5.32 Å². The molecule has 1 aromatic carbocycles. The van der Waals surface area contributed by atoms with Gasteiger partial charge in [-0.1, -0.05) is 11.6 Å². The van der Waals surface area contributed by atoms with Gasteiger partial charge in [0.2, 0.25) is 10.0 Å². The number of nitrogens with one attached hydrogen (secondary N) is 1. The number of anilines is 1. The van der Waals surface area contributed by atoms with Crippen LogP contribution in [0.1, 0.15) is 22.5 Å². The van der Waals surface area contributed by atoms with Crippen molar-refractivity contribution in [2.75, 3.05) is 11.9 Å². The van der Waals surface area contributed by atoms with Gasteiger partial charge >= 0.3 is 11.9 Å². The molecule has 0 fully saturated rings. The summed E-state index contributed by atoms with van der Waals surface area (Å²) in [6.07, 6.45) is -1.32. The second-order valence-electron chi connectivity index (χ2n) is 5.54. The largest absolute Gasteiger partial charge is 0.479 e. The third-order valence-electron chi connectivity index (χ3n) is 3.50. The van der Waals surface area contributed by atoms with Gasteiger partial charge in [-0.05, 0) is 24.3 Å². The van der Waals surface area contributed by atoms with E-state index in [1.54, 1.807) is 12.1 Å². The van der Waals surface area contributed by atoms with Gasteiger partial charge in [0.25, 0.3) is 0 Å². The van der Waals surface area contributed by atoms with E-state index in [-0.39, 0.29) is 22.8 Å². The molecule has 0 amide bonds. The lowest BCUT2D eigenvalue weighted by Crippen LogP contribution is -2.19. The number of carboxylic acids is 1. The van der Waals surface area contributed by atoms with Gasteiger partial charge in [0.15, 0.2) is 6.17 Å². The second-order valence-corrected chi connectivity index (χ2v) is 7.47. The number of aliphatic carboxylic acids is 1. The number of primary sulfonamides is 1. The highest BCUT2D eigenvalue weighted by Gasteiger charge is 2.23. The number of esters is 1. The molecule has 0 spiro atoms. The lowest BCUT2D eigenvalue weighted by molar-refractivity contribution is -0.143. The first-order valence-corrected chi connectivity index (χ1v) is 9.68. The minimum atomic E-state index is -4.23. The molecule has 28 heavy (non-hydrogen) atoms. The first-order valence-electron chi connectivity index (χ1n) is 7.76. The van der Waals surface area contributed by atoms with Crippen LogP contribution in [0.4, 0.5) is 10.1 Å². The van der Waals surface area contributed by atoms with Crippen LogP contribution in [-0.2, 0) is 26.1 Å². The van der Waals surface area contributed by atoms with Gasteiger partial charge in [0.05, 0.1) is 35.7 Å². The summed E-state index contributed by atoms with van der Waals surface area (Å²) < 4.78 is 46.4. The Kier molecular flexibility index (Phi) is 7.00. The molecule has 1 atom stereocenters. The van der Waals surface area contributed by atoms with Crippen molar-refractivity contribution in [3.63, 3.8) is 0 Å². The maximum atomic E-state index is 13.1. The average molecular weight is 435 g/mol. The summed E-state index contributed by atoms with van der Waals surface area (Å²) in [5.41, 5.74) is -0.112. The number of alkyl halides is 1. The Bertz CT molecular complexity index is 964. The number of ether oxygens (including phenoxy) is 1. The Morgan fingerprint density at radius 2 is 2.11 bits per heavy atom. The van der Waals surface area contributed by atoms with Crippen molar-refractivity contribution in [2.24, 2.45) is 5.14 Å². The van der Waals surface area contributed by atoms with Crippen molar-refractivity contribution < 1.29 is 36.7 Å². The predicted molar refractivity (Wildman–Crippen MR) is 96.3 cm³/mol. The van der Waals surface area contributed by atoms with E-state index in [9.17, 15) is 22.4 Å². The number of halogens is 2. The first kappa shape index (κ1) is 21.7. The molecule has 0 bridgehead atoms. The third-order valence-corrected chi connectivity index (χ3v) is 4.88. The molecule has 0 aliphatic heterocycles. The summed E-state index contributed by atoms with van der Waals surface area (Å²) in [5.74, 6) is -2.17. The van der Waals surface area contributed by atoms with Crippen molar-refractivity contribution in [2.45, 2.75) is 24.0 Å². The van der Waals surface area contributed by atoms with E-state index >= 15 is 0 Å². The molecule has 1 aromatic heterocycles. The zero-order valence-electron chi connectivity index (χ0n) is 14.2. The summed E-state index contributed by atoms with van der Waals surface area (Å²) in [6, 6.07) is 5.42. The number of carbonyl (C=O) groups is 2. The van der Waals surface area contributed by atoms with Gasteiger partial charge in [-0.2, -0.15) is 0 Å². The molecule has 152 valence electrons. The quantitative estimate of drug-likeness (QED) is 0.508. The summed E-state index contributed by atoms with van der Waals surface area (Å²) in [4.78, 5) is 22.3. The molecule has 1 heterocycles. The molecule has 9 nitrogen and oxygen atoms in total. The number of hydrogen-bond acceptors (Lipinski definition) is 7. The smallest absolute Gasteiger partial charge is 0.340 e. The Morgan fingerprint density at radius 1 is 1.39 bits per heavy atom. The van der Waals surface area contributed by atoms with Gasteiger partial charge in [-0.15, -0.1) is 0 Å². The Morgan fingerprint density at radius 3 is 2.68 bits per heavy atom. The van der Waals surface area contributed by atoms with Crippen LogP contribution in [-0.4, -0.2) is 38.2 Å². The monoisotopic (exact) mass is 434 g/mol. The molecule has 0 radical (unpaired) electrons. The highest BCUT2D eigenvalue weighted by Crippen LogP contribution is 2.29. The van der Waals surface area contributed by atoms with Crippen molar-refractivity contribution in [1.29, 1.82) is 0 Å². The number of hydrogen-bond donors (Lipinski definition) is 3. The molecule has 12 heteroatoms. The summed E-state index contributed by atoms with van der Waals surface area (Å²) in [5, 5.41) is 16.2. The topological polar surface area (TPSA) is 149 Å². The van der Waals surface area contributed by atoms with Gasteiger partial charge in [-0.25, -0.2) is 27.5 Å². The molecule has 0 aliphatic carbocycles. The number of sulfonamides is 1. The fraction of sp³-hybridized carbons (Fsp3) is 0.250. The van der Waals surface area contributed by atoms with Crippen molar-refractivity contribution in [3.8, 4) is 0 Å². The molecule has 1 unspecified atom stereocenters. The molecular formula is C16H16ClFN2O7S. The molecule has 0 saturated heterocycles. The standard InChI is InChI=1S/C16H16ClFN2O7S/c17-11-7-13(20-8-9-2-1-4-26-9)10(6-14(11)28(19,24)25)16(23)27-5-3-12(18)15(21)22/h1-2,4,6-7,12,20H,3,5,8H2,(H,21,22)(H2,19,24,25). The van der Waals surface area contributed by atoms with Crippen LogP contribution >= 0.6 is 11.6 Å². The van der Waals surface area contributed by atoms with Crippen molar-refractivity contribution in [1.82, 2.24) is 0 Å². The highest BCUT2D eigenvalue weighted by molar-refractivity contribution is 7.89. The molecule has 4 N–H and O–H groups in total. The van der Waals surface area contributed by atoms with Gasteiger partial charge in [0.1, 0.15) is 10.7 Å². The average Bonchev–Trinajstić information content (AvgIpc) is 3.11. The Balaban J connectivity index is 2.26. The molecule has 2 aromatic rings. The van der Waals surface area contributed by atoms with Crippen LogP contribution in [0.2, 0.25) is 5.02 Å². The van der Waals surface area contributed by atoms with E-state index in [0.717, 1.165) is 6.07 Å². The lowest BCUT2D eigenvalue weighted by Gasteiger charge is -2.14. The molecule has 0 saturated carbocycles. The van der Waals surface area contributed by atoms with Crippen LogP contribution in [0.15, 0.2) is 39.8 Å². The lowest BCUT2D eigenvalue weighted by atomic mass is 10.1. The van der Waals surface area contributed by atoms with Crippen LogP contribution in [0.3, 0.4) is 0 Å². The van der Waals surface area contributed by atoms with Crippen LogP contribution in [0.5, 0.6) is 0 Å². The summed E-state index contributed by atoms with van der Waals surface area (Å²) in [7, 11) is -4.23. The predicted octanol–water partition coefficient (Wildman–Crippen LogP) is 2.16. The molecule has 2 rings (SSSR count). The zero-order valence-corrected chi connectivity index (χ0v) is 15.8. The maximum Gasteiger partial charge on any atom is 0.340 e. The molecular weight excluding hydrogens is 419 g/mol. The highest BCUT2D eigenvalue weighted by atomic mass is 35.5. The van der Waals surface area contributed by atoms with Crippen LogP contribution in [0.25, 0.3) is 0 Å². The van der Waals surface area contributed by atoms with E-state index in [1.165, 1.54) is 12.3 Å². The number of benzene rings is 1. The van der Waals surface area contributed by atoms with E-state index in [4.69, 9.17) is 31.0 Å². The number of nitrogens with two attached hydrogens (primary N) is 1. The fourth-order valence-corrected chi connectivity index (χ4v) is 3.24. The minimum Gasteiger partial charge on any atom is -0.479 e. The normalized spacial score (nSPS) is 12.4. The van der Waals surface area contributed by atoms with E-state index in [0.29, 0.717) is 5.76 Å². The third kappa shape index (κ3) is 5.68. The van der Waals surface area contributed by atoms with Gasteiger partial charge in [0, 0.05) is 6.42 Å². The first-order chi connectivity index (χ1) is 13.1. The summed E-state index contributed by atoms with van der Waals surface area (Å²) >= 11 is 5.94. The van der Waals surface area contributed by atoms with Crippen molar-refractivity contribution in [3.05, 3.63) is 46.9 Å². The molecule has 0 aliphatic rings. The van der Waals surface area contributed by atoms with Crippen LogP contribution < -0.4 is 10.5 Å². The van der Waals surface area contributed by atoms with E-state index < -0.39 is 46.1 Å². The van der Waals surface area contributed by atoms with Gasteiger partial charge in [-0.3, -0.25) is 0 Å². The Hall–Kier alpha value is -2.63. The number of furan rings is 1. The minimum absolute atomic E-state index is 0.119. The fourth-order valence-electron chi connectivity index (χ4n) is 2.14. The zero-order chi connectivity index (χ0) is 20.9. The summed E-state index contributed by atoms with van der Waals surface area (Å²) in [6.45, 7) is -0.388. The maximum absolute atomic E-state index is 13.1. The van der Waals surface area contributed by atoms with E-state index in [1.807, 2.05) is 0 Å². The van der Waals surface area contributed by atoms with Crippen molar-refractivity contribution >= 4 is 39.3 Å². The Labute approximate surface area is 164 Å². The number of carbonyl (C=O) groups excluding carboxylic acids is 1. The van der Waals surface area contributed by atoms with Gasteiger partial charge < -0.3 is 19.6 Å². The number of carboxylic acid groups (broad SMARTS) is 1.